The van der Waals surface area contributed by atoms with E-state index in [1.807, 2.05) is 13.8 Å². The summed E-state index contributed by atoms with van der Waals surface area (Å²) in [5.41, 5.74) is 0.359. The number of aromatic amines is 1. The minimum atomic E-state index is -0.367. The lowest BCUT2D eigenvalue weighted by molar-refractivity contribution is 0.0947. The molecule has 0 aliphatic carbocycles. The maximum atomic E-state index is 11.8. The third-order valence-electron chi connectivity index (χ3n) is 3.04. The molecule has 0 saturated heterocycles. The van der Waals surface area contributed by atoms with Crippen LogP contribution in [-0.2, 0) is 0 Å². The normalized spacial score (nSPS) is 11.4. The van der Waals surface area contributed by atoms with E-state index >= 15 is 0 Å². The molecule has 0 bridgehead atoms. The number of pyridine rings is 1. The Balaban J connectivity index is 2.46. The van der Waals surface area contributed by atoms with Gasteiger partial charge in [-0.1, -0.05) is 13.8 Å². The van der Waals surface area contributed by atoms with E-state index in [9.17, 15) is 9.59 Å². The molecule has 106 valence electrons. The van der Waals surface area contributed by atoms with E-state index in [4.69, 9.17) is 5.11 Å². The fraction of sp³-hybridized carbons (Fsp3) is 0.571. The molecule has 5 heteroatoms. The number of carbonyl (C=O) groups is 1. The number of aliphatic hydroxyl groups is 1. The third-order valence-corrected chi connectivity index (χ3v) is 3.04. The number of aromatic nitrogens is 1. The summed E-state index contributed by atoms with van der Waals surface area (Å²) < 4.78 is 0. The Bertz CT molecular complexity index is 492. The van der Waals surface area contributed by atoms with Gasteiger partial charge in [-0.2, -0.15) is 0 Å². The summed E-state index contributed by atoms with van der Waals surface area (Å²) >= 11 is 0. The van der Waals surface area contributed by atoms with Gasteiger partial charge in [-0.3, -0.25) is 9.59 Å². The predicted molar refractivity (Wildman–Crippen MR) is 74.2 cm³/mol. The highest BCUT2D eigenvalue weighted by atomic mass is 16.3. The Morgan fingerprint density at radius 1 is 1.42 bits per heavy atom. The summed E-state index contributed by atoms with van der Waals surface area (Å²) in [5.74, 6) is -0.358. The van der Waals surface area contributed by atoms with Gasteiger partial charge in [-0.05, 0) is 37.3 Å². The van der Waals surface area contributed by atoms with Crippen molar-refractivity contribution < 1.29 is 9.90 Å². The first-order valence-electron chi connectivity index (χ1n) is 6.45. The Labute approximate surface area is 113 Å². The van der Waals surface area contributed by atoms with Crippen LogP contribution in [-0.4, -0.2) is 29.1 Å². The van der Waals surface area contributed by atoms with Crippen molar-refractivity contribution in [2.24, 2.45) is 5.41 Å². The highest BCUT2D eigenvalue weighted by Crippen LogP contribution is 2.20. The quantitative estimate of drug-likeness (QED) is 0.677. The van der Waals surface area contributed by atoms with E-state index in [-0.39, 0.29) is 29.1 Å². The topological polar surface area (TPSA) is 82.2 Å². The lowest BCUT2D eigenvalue weighted by Gasteiger charge is -2.21. The van der Waals surface area contributed by atoms with Gasteiger partial charge in [0.1, 0.15) is 5.56 Å². The molecular weight excluding hydrogens is 244 g/mol. The molecule has 3 N–H and O–H groups in total. The van der Waals surface area contributed by atoms with E-state index in [0.717, 1.165) is 18.5 Å². The molecule has 0 aliphatic heterocycles. The van der Waals surface area contributed by atoms with Gasteiger partial charge in [0.15, 0.2) is 0 Å². The molecule has 0 atom stereocenters. The van der Waals surface area contributed by atoms with Gasteiger partial charge in [0, 0.05) is 18.8 Å². The Kier molecular flexibility index (Phi) is 5.30. The van der Waals surface area contributed by atoms with Crippen LogP contribution >= 0.6 is 0 Å². The smallest absolute Gasteiger partial charge is 0.260 e. The first-order valence-corrected chi connectivity index (χ1v) is 6.45. The zero-order valence-electron chi connectivity index (χ0n) is 11.7. The van der Waals surface area contributed by atoms with Crippen LogP contribution in [0.1, 0.15) is 42.7 Å². The van der Waals surface area contributed by atoms with Gasteiger partial charge in [-0.15, -0.1) is 0 Å². The van der Waals surface area contributed by atoms with E-state index < -0.39 is 0 Å². The molecule has 19 heavy (non-hydrogen) atoms. The monoisotopic (exact) mass is 266 g/mol. The second-order valence-electron chi connectivity index (χ2n) is 5.57. The maximum Gasteiger partial charge on any atom is 0.260 e. The van der Waals surface area contributed by atoms with Gasteiger partial charge in [0.05, 0.1) is 0 Å². The first-order chi connectivity index (χ1) is 8.85. The van der Waals surface area contributed by atoms with Crippen LogP contribution < -0.4 is 10.9 Å². The number of carbonyl (C=O) groups excluding carboxylic acids is 1. The molecule has 1 aromatic heterocycles. The van der Waals surface area contributed by atoms with Gasteiger partial charge in [-0.25, -0.2) is 0 Å². The molecule has 0 fully saturated rings. The summed E-state index contributed by atoms with van der Waals surface area (Å²) in [7, 11) is 0. The van der Waals surface area contributed by atoms with Crippen molar-refractivity contribution in [1.29, 1.82) is 0 Å². The van der Waals surface area contributed by atoms with Crippen molar-refractivity contribution in [3.8, 4) is 0 Å². The average molecular weight is 266 g/mol. The number of rotatable bonds is 6. The largest absolute Gasteiger partial charge is 0.396 e. The molecule has 1 heterocycles. The highest BCUT2D eigenvalue weighted by Gasteiger charge is 2.16. The summed E-state index contributed by atoms with van der Waals surface area (Å²) in [5, 5.41) is 11.8. The molecule has 0 radical (unpaired) electrons. The number of amides is 1. The Morgan fingerprint density at radius 2 is 2.11 bits per heavy atom. The lowest BCUT2D eigenvalue weighted by Crippen LogP contribution is -2.31. The molecule has 0 unspecified atom stereocenters. The van der Waals surface area contributed by atoms with Crippen LogP contribution in [0.3, 0.4) is 0 Å². The number of hydrogen-bond donors (Lipinski definition) is 3. The molecule has 1 aromatic rings. The van der Waals surface area contributed by atoms with Gasteiger partial charge in [0.2, 0.25) is 0 Å². The zero-order chi connectivity index (χ0) is 14.5. The maximum absolute atomic E-state index is 11.8. The minimum Gasteiger partial charge on any atom is -0.396 e. The predicted octanol–water partition coefficient (Wildman–Crippen LogP) is 1.21. The third kappa shape index (κ3) is 4.87. The van der Waals surface area contributed by atoms with Crippen molar-refractivity contribution in [3.05, 3.63) is 33.7 Å². The summed E-state index contributed by atoms with van der Waals surface area (Å²) in [4.78, 5) is 26.0. The van der Waals surface area contributed by atoms with Crippen LogP contribution in [0.15, 0.2) is 16.9 Å². The molecular formula is C14H22N2O3. The standard InChI is InChI=1S/C14H22N2O3/c1-10-5-6-11(13(19)16-10)12(18)15-8-4-7-14(2,3)9-17/h5-6,17H,4,7-9H2,1-3H3,(H,15,18)(H,16,19). The van der Waals surface area contributed by atoms with Crippen molar-refractivity contribution in [3.63, 3.8) is 0 Å². The first kappa shape index (κ1) is 15.4. The van der Waals surface area contributed by atoms with E-state index in [1.165, 1.54) is 6.07 Å². The van der Waals surface area contributed by atoms with Crippen molar-refractivity contribution in [2.45, 2.75) is 33.6 Å². The van der Waals surface area contributed by atoms with Gasteiger partial charge >= 0.3 is 0 Å². The molecule has 1 rings (SSSR count). The second kappa shape index (κ2) is 6.52. The SMILES string of the molecule is Cc1ccc(C(=O)NCCCC(C)(C)CO)c(=O)[nH]1. The van der Waals surface area contributed by atoms with E-state index in [0.29, 0.717) is 6.54 Å². The Morgan fingerprint density at radius 3 is 2.68 bits per heavy atom. The molecule has 0 saturated carbocycles. The van der Waals surface area contributed by atoms with Crippen molar-refractivity contribution in [1.82, 2.24) is 10.3 Å². The second-order valence-corrected chi connectivity index (χ2v) is 5.57. The van der Waals surface area contributed by atoms with Crippen LogP contribution in [0.25, 0.3) is 0 Å². The van der Waals surface area contributed by atoms with E-state index in [2.05, 4.69) is 10.3 Å². The van der Waals surface area contributed by atoms with Crippen LogP contribution in [0.2, 0.25) is 0 Å². The lowest BCUT2D eigenvalue weighted by atomic mass is 9.89. The van der Waals surface area contributed by atoms with Gasteiger partial charge in [0.25, 0.3) is 11.5 Å². The number of nitrogens with one attached hydrogen (secondary N) is 2. The Hall–Kier alpha value is -1.62. The summed E-state index contributed by atoms with van der Waals surface area (Å²) in [6, 6.07) is 3.23. The van der Waals surface area contributed by atoms with Gasteiger partial charge < -0.3 is 15.4 Å². The van der Waals surface area contributed by atoms with Crippen molar-refractivity contribution in [2.75, 3.05) is 13.2 Å². The molecule has 5 nitrogen and oxygen atoms in total. The molecule has 0 aromatic carbocycles. The summed E-state index contributed by atoms with van der Waals surface area (Å²) in [6.07, 6.45) is 1.58. The van der Waals surface area contributed by atoms with Crippen LogP contribution in [0, 0.1) is 12.3 Å². The summed E-state index contributed by atoms with van der Waals surface area (Å²) in [6.45, 7) is 6.33. The number of hydrogen-bond acceptors (Lipinski definition) is 3. The number of aliphatic hydroxyl groups excluding tert-OH is 1. The fourth-order valence-corrected chi connectivity index (χ4v) is 1.69. The number of aryl methyl sites for hydroxylation is 1. The van der Waals surface area contributed by atoms with E-state index in [1.54, 1.807) is 13.0 Å². The number of H-pyrrole nitrogens is 1. The molecule has 0 aliphatic rings. The van der Waals surface area contributed by atoms with Crippen LogP contribution in [0.4, 0.5) is 0 Å². The zero-order valence-corrected chi connectivity index (χ0v) is 11.7. The fourth-order valence-electron chi connectivity index (χ4n) is 1.69. The van der Waals surface area contributed by atoms with Crippen molar-refractivity contribution >= 4 is 5.91 Å². The minimum absolute atomic E-state index is 0.124. The van der Waals surface area contributed by atoms with Crippen LogP contribution in [0.5, 0.6) is 0 Å². The average Bonchev–Trinajstić information content (AvgIpc) is 2.34. The highest BCUT2D eigenvalue weighted by molar-refractivity contribution is 5.93. The molecule has 0 spiro atoms. The molecule has 1 amide bonds.